The summed E-state index contributed by atoms with van der Waals surface area (Å²) >= 11 is 1.89. The Hall–Kier alpha value is -6.23. The lowest BCUT2D eigenvalue weighted by molar-refractivity contribution is 1.08. The summed E-state index contributed by atoms with van der Waals surface area (Å²) in [5.74, 6) is 1.98. The molecule has 0 fully saturated rings. The zero-order valence-corrected chi connectivity index (χ0v) is 27.2. The SMILES string of the molecule is c1ccc(-c2nc(-c3ccccc3)nc(-c3ccc(-c4cc5ccc6ccccc6c5c5sc6ccccc6c45)c4ccccc34)n2)cc1. The quantitative estimate of drug-likeness (QED) is 0.180. The minimum Gasteiger partial charge on any atom is -0.208 e. The monoisotopic (exact) mass is 641 g/mol. The maximum Gasteiger partial charge on any atom is 0.164 e. The highest BCUT2D eigenvalue weighted by atomic mass is 32.1. The van der Waals surface area contributed by atoms with E-state index < -0.39 is 0 Å². The molecule has 0 radical (unpaired) electrons. The Balaban J connectivity index is 1.26. The van der Waals surface area contributed by atoms with Crippen molar-refractivity contribution in [3.05, 3.63) is 164 Å². The number of nitrogens with zero attached hydrogens (tertiary/aromatic N) is 3. The van der Waals surface area contributed by atoms with Crippen LogP contribution in [0.25, 0.3) is 97.8 Å². The molecule has 10 aromatic rings. The summed E-state index contributed by atoms with van der Waals surface area (Å²) in [6.45, 7) is 0. The largest absolute Gasteiger partial charge is 0.208 e. The van der Waals surface area contributed by atoms with Crippen molar-refractivity contribution in [1.82, 2.24) is 15.0 Å². The topological polar surface area (TPSA) is 38.7 Å². The fourth-order valence-corrected chi connectivity index (χ4v) is 8.55. The number of aromatic nitrogens is 3. The molecule has 3 nitrogen and oxygen atoms in total. The van der Waals surface area contributed by atoms with Crippen LogP contribution in [0, 0.1) is 0 Å². The van der Waals surface area contributed by atoms with E-state index in [2.05, 4.69) is 127 Å². The van der Waals surface area contributed by atoms with Crippen LogP contribution in [0.4, 0.5) is 0 Å². The average Bonchev–Trinajstić information content (AvgIpc) is 3.57. The van der Waals surface area contributed by atoms with Crippen molar-refractivity contribution >= 4 is 63.8 Å². The maximum absolute atomic E-state index is 5.08. The van der Waals surface area contributed by atoms with Gasteiger partial charge in [-0.25, -0.2) is 15.0 Å². The van der Waals surface area contributed by atoms with Gasteiger partial charge in [0.05, 0.1) is 0 Å². The fourth-order valence-electron chi connectivity index (χ4n) is 7.25. The standard InChI is InChI=1S/C45H27N3S/c1-3-14-29(15-4-1)43-46-44(30-16-5-2-6-17-30)48-45(47-43)36-26-25-35(33-19-9-10-20-34(33)36)38-27-31-24-23-28-13-7-8-18-32(28)40(31)42-41(38)37-21-11-12-22-39(37)49-42/h1-27H. The number of hydrogen-bond acceptors (Lipinski definition) is 4. The van der Waals surface area contributed by atoms with E-state index in [1.165, 1.54) is 58.2 Å². The van der Waals surface area contributed by atoms with Gasteiger partial charge in [-0.05, 0) is 56.3 Å². The first-order valence-corrected chi connectivity index (χ1v) is 17.3. The Bertz CT molecular complexity index is 2820. The van der Waals surface area contributed by atoms with E-state index in [9.17, 15) is 0 Å². The predicted molar refractivity (Wildman–Crippen MR) is 207 cm³/mol. The molecule has 10 rings (SSSR count). The second-order valence-corrected chi connectivity index (χ2v) is 13.4. The van der Waals surface area contributed by atoms with Crippen LogP contribution in [-0.4, -0.2) is 15.0 Å². The molecule has 0 N–H and O–H groups in total. The van der Waals surface area contributed by atoms with Crippen LogP contribution in [-0.2, 0) is 0 Å². The van der Waals surface area contributed by atoms with Gasteiger partial charge in [0.1, 0.15) is 0 Å². The van der Waals surface area contributed by atoms with Crippen LogP contribution in [0.2, 0.25) is 0 Å². The van der Waals surface area contributed by atoms with Gasteiger partial charge in [0, 0.05) is 42.2 Å². The van der Waals surface area contributed by atoms with Crippen molar-refractivity contribution in [2.24, 2.45) is 0 Å². The Morgan fingerprint density at radius 1 is 0.347 bits per heavy atom. The summed E-state index contributed by atoms with van der Waals surface area (Å²) in [6.07, 6.45) is 0. The molecular formula is C45H27N3S. The highest BCUT2D eigenvalue weighted by Gasteiger charge is 2.20. The summed E-state index contributed by atoms with van der Waals surface area (Å²) in [4.78, 5) is 15.1. The lowest BCUT2D eigenvalue weighted by atomic mass is 9.89. The molecule has 0 unspecified atom stereocenters. The van der Waals surface area contributed by atoms with Gasteiger partial charge < -0.3 is 0 Å². The van der Waals surface area contributed by atoms with E-state index in [1.54, 1.807) is 0 Å². The van der Waals surface area contributed by atoms with E-state index >= 15 is 0 Å². The Morgan fingerprint density at radius 2 is 0.878 bits per heavy atom. The van der Waals surface area contributed by atoms with E-state index in [-0.39, 0.29) is 0 Å². The molecule has 2 heterocycles. The van der Waals surface area contributed by atoms with Crippen LogP contribution in [0.1, 0.15) is 0 Å². The van der Waals surface area contributed by atoms with Crippen molar-refractivity contribution in [3.63, 3.8) is 0 Å². The summed E-state index contributed by atoms with van der Waals surface area (Å²) in [7, 11) is 0. The van der Waals surface area contributed by atoms with Gasteiger partial charge in [-0.3, -0.25) is 0 Å². The van der Waals surface area contributed by atoms with Crippen molar-refractivity contribution < 1.29 is 0 Å². The highest BCUT2D eigenvalue weighted by molar-refractivity contribution is 7.27. The van der Waals surface area contributed by atoms with Gasteiger partial charge in [-0.2, -0.15) is 0 Å². The number of hydrogen-bond donors (Lipinski definition) is 0. The zero-order chi connectivity index (χ0) is 32.3. The molecule has 2 aromatic heterocycles. The predicted octanol–water partition coefficient (Wildman–Crippen LogP) is 12.4. The smallest absolute Gasteiger partial charge is 0.164 e. The lowest BCUT2D eigenvalue weighted by Crippen LogP contribution is -2.00. The molecule has 0 aliphatic heterocycles. The molecule has 0 saturated carbocycles. The first kappa shape index (κ1) is 27.8. The fraction of sp³-hybridized carbons (Fsp3) is 0. The molecule has 0 spiro atoms. The third kappa shape index (κ3) is 4.53. The van der Waals surface area contributed by atoms with Gasteiger partial charge in [0.25, 0.3) is 0 Å². The highest BCUT2D eigenvalue weighted by Crippen LogP contribution is 2.47. The summed E-state index contributed by atoms with van der Waals surface area (Å²) in [5, 5.41) is 10.00. The molecule has 0 aliphatic rings. The van der Waals surface area contributed by atoms with Gasteiger partial charge in [0.15, 0.2) is 17.5 Å². The second-order valence-electron chi connectivity index (χ2n) is 12.4. The lowest BCUT2D eigenvalue weighted by Gasteiger charge is -2.15. The van der Waals surface area contributed by atoms with Crippen LogP contribution >= 0.6 is 11.3 Å². The molecule has 228 valence electrons. The zero-order valence-electron chi connectivity index (χ0n) is 26.3. The van der Waals surface area contributed by atoms with Crippen molar-refractivity contribution in [1.29, 1.82) is 0 Å². The summed E-state index contributed by atoms with van der Waals surface area (Å²) < 4.78 is 2.63. The number of thiophene rings is 1. The first-order valence-electron chi connectivity index (χ1n) is 16.5. The van der Waals surface area contributed by atoms with E-state index in [1.807, 2.05) is 47.7 Å². The van der Waals surface area contributed by atoms with Gasteiger partial charge in [-0.1, -0.05) is 146 Å². The van der Waals surface area contributed by atoms with Crippen molar-refractivity contribution in [2.45, 2.75) is 0 Å². The number of benzene rings is 8. The minimum absolute atomic E-state index is 0.658. The van der Waals surface area contributed by atoms with Crippen LogP contribution in [0.15, 0.2) is 164 Å². The van der Waals surface area contributed by atoms with E-state index in [0.717, 1.165) is 22.1 Å². The van der Waals surface area contributed by atoms with Gasteiger partial charge in [0.2, 0.25) is 0 Å². The van der Waals surface area contributed by atoms with Crippen LogP contribution < -0.4 is 0 Å². The summed E-state index contributed by atoms with van der Waals surface area (Å²) in [5.41, 5.74) is 5.33. The van der Waals surface area contributed by atoms with Crippen molar-refractivity contribution in [3.8, 4) is 45.3 Å². The molecule has 0 saturated heterocycles. The molecule has 0 atom stereocenters. The third-order valence-corrected chi connectivity index (χ3v) is 10.7. The molecule has 8 aromatic carbocycles. The normalized spacial score (nSPS) is 11.7. The van der Waals surface area contributed by atoms with E-state index in [0.29, 0.717) is 17.5 Å². The first-order chi connectivity index (χ1) is 24.3. The second kappa shape index (κ2) is 11.2. The molecule has 0 bridgehead atoms. The van der Waals surface area contributed by atoms with Crippen molar-refractivity contribution in [2.75, 3.05) is 0 Å². The molecular weight excluding hydrogens is 615 g/mol. The van der Waals surface area contributed by atoms with Crippen LogP contribution in [0.5, 0.6) is 0 Å². The molecule has 49 heavy (non-hydrogen) atoms. The summed E-state index contributed by atoms with van der Waals surface area (Å²) in [6, 6.07) is 57.9. The third-order valence-electron chi connectivity index (χ3n) is 9.51. The average molecular weight is 642 g/mol. The Morgan fingerprint density at radius 3 is 1.59 bits per heavy atom. The minimum atomic E-state index is 0.658. The maximum atomic E-state index is 5.08. The number of rotatable bonds is 4. The number of fused-ring (bicyclic) bond motifs is 8. The van der Waals surface area contributed by atoms with E-state index in [4.69, 9.17) is 15.0 Å². The molecule has 0 amide bonds. The van der Waals surface area contributed by atoms with Crippen LogP contribution in [0.3, 0.4) is 0 Å². The molecule has 0 aliphatic carbocycles. The van der Waals surface area contributed by atoms with Gasteiger partial charge in [-0.15, -0.1) is 11.3 Å². The Kier molecular flexibility index (Phi) is 6.36. The Labute approximate surface area is 286 Å². The molecule has 4 heteroatoms. The van der Waals surface area contributed by atoms with Gasteiger partial charge >= 0.3 is 0 Å².